The van der Waals surface area contributed by atoms with Gasteiger partial charge in [0.25, 0.3) is 11.6 Å². The molecule has 2 heterocycles. The van der Waals surface area contributed by atoms with Crippen molar-refractivity contribution in [2.75, 3.05) is 32.8 Å². The Bertz CT molecular complexity index is 773. The summed E-state index contributed by atoms with van der Waals surface area (Å²) in [5.41, 5.74) is 0.797. The number of carbonyl (C=O) groups excluding carboxylic acids is 1. The van der Waals surface area contributed by atoms with Gasteiger partial charge in [-0.2, -0.15) is 0 Å². The molecule has 1 aromatic carbocycles. The maximum atomic E-state index is 12.5. The van der Waals surface area contributed by atoms with Gasteiger partial charge in [0, 0.05) is 41.7 Å². The molecule has 3 rings (SSSR count). The minimum atomic E-state index is -0.464. The summed E-state index contributed by atoms with van der Waals surface area (Å²) in [7, 11) is 0. The number of morpholine rings is 1. The Morgan fingerprint density at radius 1 is 1.38 bits per heavy atom. The third kappa shape index (κ3) is 4.27. The van der Waals surface area contributed by atoms with E-state index in [0.717, 1.165) is 13.1 Å². The van der Waals surface area contributed by atoms with Crippen LogP contribution in [-0.4, -0.2) is 48.6 Å². The molecule has 1 fully saturated rings. The van der Waals surface area contributed by atoms with Crippen molar-refractivity contribution in [2.45, 2.75) is 13.0 Å². The number of hydrogen-bond donors (Lipinski definition) is 1. The first-order valence-electron chi connectivity index (χ1n) is 8.44. The summed E-state index contributed by atoms with van der Waals surface area (Å²) in [6, 6.07) is 8.69. The van der Waals surface area contributed by atoms with Crippen molar-refractivity contribution in [3.63, 3.8) is 0 Å². The summed E-state index contributed by atoms with van der Waals surface area (Å²) >= 11 is 1.66. The second kappa shape index (κ2) is 8.39. The lowest BCUT2D eigenvalue weighted by Gasteiger charge is -2.34. The van der Waals surface area contributed by atoms with Crippen LogP contribution in [0, 0.1) is 17.0 Å². The highest BCUT2D eigenvalue weighted by Gasteiger charge is 2.24. The van der Waals surface area contributed by atoms with Gasteiger partial charge in [-0.15, -0.1) is 11.3 Å². The third-order valence-corrected chi connectivity index (χ3v) is 5.46. The highest BCUT2D eigenvalue weighted by atomic mass is 32.1. The Morgan fingerprint density at radius 2 is 2.15 bits per heavy atom. The molecule has 0 aliphatic carbocycles. The molecule has 0 bridgehead atoms. The Balaban J connectivity index is 1.71. The molecule has 1 atom stereocenters. The van der Waals surface area contributed by atoms with Crippen LogP contribution in [-0.2, 0) is 4.74 Å². The van der Waals surface area contributed by atoms with Gasteiger partial charge >= 0.3 is 0 Å². The summed E-state index contributed by atoms with van der Waals surface area (Å²) in [6.07, 6.45) is 0. The molecule has 1 aliphatic rings. The van der Waals surface area contributed by atoms with E-state index in [2.05, 4.69) is 16.3 Å². The highest BCUT2D eigenvalue weighted by molar-refractivity contribution is 7.10. The Kier molecular flexibility index (Phi) is 5.97. The number of ether oxygens (including phenoxy) is 1. The van der Waals surface area contributed by atoms with E-state index in [4.69, 9.17) is 4.74 Å². The molecule has 2 aromatic rings. The van der Waals surface area contributed by atoms with Gasteiger partial charge in [0.05, 0.1) is 24.2 Å². The molecule has 0 saturated carbocycles. The standard InChI is InChI=1S/C18H21N3O4S/c1-13-4-5-14(11-15(13)21(23)24)18(22)19-12-16(17-3-2-10-26-17)20-6-8-25-9-7-20/h2-5,10-11,16H,6-9,12H2,1H3,(H,19,22). The van der Waals surface area contributed by atoms with Crippen molar-refractivity contribution in [2.24, 2.45) is 0 Å². The molecule has 1 N–H and O–H groups in total. The normalized spacial score (nSPS) is 16.2. The van der Waals surface area contributed by atoms with Crippen LogP contribution in [0.3, 0.4) is 0 Å². The van der Waals surface area contributed by atoms with Crippen LogP contribution in [0.1, 0.15) is 26.8 Å². The maximum Gasteiger partial charge on any atom is 0.273 e. The number of nitrogens with zero attached hydrogens (tertiary/aromatic N) is 2. The molecule has 1 saturated heterocycles. The zero-order valence-electron chi connectivity index (χ0n) is 14.5. The number of carbonyl (C=O) groups is 1. The summed E-state index contributed by atoms with van der Waals surface area (Å²) < 4.78 is 5.42. The number of hydrogen-bond acceptors (Lipinski definition) is 6. The molecule has 1 unspecified atom stereocenters. The van der Waals surface area contributed by atoms with Gasteiger partial charge in [0.15, 0.2) is 0 Å². The molecule has 1 aliphatic heterocycles. The number of amides is 1. The molecule has 26 heavy (non-hydrogen) atoms. The fraction of sp³-hybridized carbons (Fsp3) is 0.389. The first kappa shape index (κ1) is 18.5. The van der Waals surface area contributed by atoms with Gasteiger partial charge < -0.3 is 10.1 Å². The molecule has 0 radical (unpaired) electrons. The highest BCUT2D eigenvalue weighted by Crippen LogP contribution is 2.26. The van der Waals surface area contributed by atoms with Gasteiger partial charge in [-0.1, -0.05) is 12.1 Å². The van der Waals surface area contributed by atoms with Crippen molar-refractivity contribution < 1.29 is 14.5 Å². The van der Waals surface area contributed by atoms with E-state index >= 15 is 0 Å². The average molecular weight is 375 g/mol. The number of nitrogens with one attached hydrogen (secondary N) is 1. The maximum absolute atomic E-state index is 12.5. The van der Waals surface area contributed by atoms with Gasteiger partial charge in [-0.25, -0.2) is 0 Å². The third-order valence-electron chi connectivity index (χ3n) is 4.48. The molecular weight excluding hydrogens is 354 g/mol. The first-order chi connectivity index (χ1) is 12.6. The molecule has 7 nitrogen and oxygen atoms in total. The summed E-state index contributed by atoms with van der Waals surface area (Å²) in [5.74, 6) is -0.303. The first-order valence-corrected chi connectivity index (χ1v) is 9.32. The largest absolute Gasteiger partial charge is 0.379 e. The summed E-state index contributed by atoms with van der Waals surface area (Å²) in [4.78, 5) is 26.6. The van der Waals surface area contributed by atoms with E-state index in [9.17, 15) is 14.9 Å². The fourth-order valence-electron chi connectivity index (χ4n) is 3.02. The van der Waals surface area contributed by atoms with E-state index in [-0.39, 0.29) is 17.6 Å². The van der Waals surface area contributed by atoms with Gasteiger partial charge in [0.1, 0.15) is 0 Å². The topological polar surface area (TPSA) is 84.7 Å². The molecule has 1 aromatic heterocycles. The van der Waals surface area contributed by atoms with E-state index in [1.807, 2.05) is 11.4 Å². The van der Waals surface area contributed by atoms with Crippen LogP contribution in [0.15, 0.2) is 35.7 Å². The summed E-state index contributed by atoms with van der Waals surface area (Å²) in [6.45, 7) is 5.09. The quantitative estimate of drug-likeness (QED) is 0.620. The van der Waals surface area contributed by atoms with Gasteiger partial charge in [-0.05, 0) is 24.4 Å². The molecule has 0 spiro atoms. The fourth-order valence-corrected chi connectivity index (χ4v) is 3.88. The van der Waals surface area contributed by atoms with Crippen LogP contribution < -0.4 is 5.32 Å². The Labute approximate surface area is 155 Å². The van der Waals surface area contributed by atoms with E-state index in [1.165, 1.54) is 10.9 Å². The van der Waals surface area contributed by atoms with E-state index in [1.54, 1.807) is 30.4 Å². The molecule has 1 amide bonds. The Morgan fingerprint density at radius 3 is 2.81 bits per heavy atom. The minimum Gasteiger partial charge on any atom is -0.379 e. The molecule has 8 heteroatoms. The predicted molar refractivity (Wildman–Crippen MR) is 99.6 cm³/mol. The predicted octanol–water partition coefficient (Wildman–Crippen LogP) is 2.77. The van der Waals surface area contributed by atoms with Crippen LogP contribution in [0.25, 0.3) is 0 Å². The zero-order valence-corrected chi connectivity index (χ0v) is 15.3. The van der Waals surface area contributed by atoms with Crippen molar-refractivity contribution in [1.29, 1.82) is 0 Å². The number of nitro groups is 1. The minimum absolute atomic E-state index is 0.0411. The monoisotopic (exact) mass is 375 g/mol. The number of rotatable bonds is 6. The lowest BCUT2D eigenvalue weighted by molar-refractivity contribution is -0.385. The van der Waals surface area contributed by atoms with Crippen molar-refractivity contribution >= 4 is 22.9 Å². The van der Waals surface area contributed by atoms with E-state index < -0.39 is 4.92 Å². The number of benzene rings is 1. The summed E-state index contributed by atoms with van der Waals surface area (Å²) in [5, 5.41) is 16.0. The smallest absolute Gasteiger partial charge is 0.273 e. The SMILES string of the molecule is Cc1ccc(C(=O)NCC(c2cccs2)N2CCOCC2)cc1[N+](=O)[O-]. The van der Waals surface area contributed by atoms with Crippen molar-refractivity contribution in [3.05, 3.63) is 61.8 Å². The van der Waals surface area contributed by atoms with Gasteiger partial charge in [0.2, 0.25) is 0 Å². The van der Waals surface area contributed by atoms with Crippen molar-refractivity contribution in [1.82, 2.24) is 10.2 Å². The molecule has 138 valence electrons. The van der Waals surface area contributed by atoms with Crippen LogP contribution in [0.4, 0.5) is 5.69 Å². The second-order valence-corrected chi connectivity index (χ2v) is 7.13. The van der Waals surface area contributed by atoms with E-state index in [0.29, 0.717) is 30.9 Å². The number of thiophene rings is 1. The Hall–Kier alpha value is -2.29. The lowest BCUT2D eigenvalue weighted by atomic mass is 10.1. The number of nitro benzene ring substituents is 1. The number of aryl methyl sites for hydroxylation is 1. The van der Waals surface area contributed by atoms with Gasteiger partial charge in [-0.3, -0.25) is 19.8 Å². The van der Waals surface area contributed by atoms with Crippen LogP contribution >= 0.6 is 11.3 Å². The average Bonchev–Trinajstić information content (AvgIpc) is 3.17. The zero-order chi connectivity index (χ0) is 18.5. The van der Waals surface area contributed by atoms with Crippen molar-refractivity contribution in [3.8, 4) is 0 Å². The second-order valence-electron chi connectivity index (χ2n) is 6.15. The van der Waals surface area contributed by atoms with Crippen LogP contribution in [0.2, 0.25) is 0 Å². The van der Waals surface area contributed by atoms with Crippen LogP contribution in [0.5, 0.6) is 0 Å². The molecular formula is C18H21N3O4S. The lowest BCUT2D eigenvalue weighted by Crippen LogP contribution is -2.43.